The summed E-state index contributed by atoms with van der Waals surface area (Å²) in [5.41, 5.74) is 7.60. The maximum atomic E-state index is 13.3. The Morgan fingerprint density at radius 3 is 2.80 bits per heavy atom. The predicted octanol–water partition coefficient (Wildman–Crippen LogP) is 1.97. The molecule has 0 saturated carbocycles. The smallest absolute Gasteiger partial charge is 0.227 e. The molecule has 2 fully saturated rings. The van der Waals surface area contributed by atoms with Crippen LogP contribution >= 0.6 is 0 Å². The summed E-state index contributed by atoms with van der Waals surface area (Å²) in [6, 6.07) is 7.42. The number of hydrogen-bond donors (Lipinski definition) is 3. The zero-order valence-corrected chi connectivity index (χ0v) is 14.9. The summed E-state index contributed by atoms with van der Waals surface area (Å²) in [6.45, 7) is 2.50. The summed E-state index contributed by atoms with van der Waals surface area (Å²) in [4.78, 5) is 13.9. The van der Waals surface area contributed by atoms with Crippen molar-refractivity contribution in [3.05, 3.63) is 35.6 Å². The number of halogens is 1. The van der Waals surface area contributed by atoms with Gasteiger partial charge >= 0.3 is 0 Å². The molecule has 2 atom stereocenters. The minimum Gasteiger partial charge on any atom is -0.345 e. The summed E-state index contributed by atoms with van der Waals surface area (Å²) >= 11 is 0. The minimum atomic E-state index is -0.181. The topological polar surface area (TPSA) is 56.4 Å². The number of benzene rings is 1. The standard InChI is InChI=1S/C19H29FN4O/c1-24(19(25)15-12-21-13-15)9-4-2-3-8-17-11-18(23-22-17)14-6-5-7-16(20)10-14/h5-7,10,15,17-18,21-23H,2-4,8-9,11-13H2,1H3. The quantitative estimate of drug-likeness (QED) is 0.629. The van der Waals surface area contributed by atoms with Crippen LogP contribution in [0.1, 0.15) is 43.7 Å². The average molecular weight is 348 g/mol. The summed E-state index contributed by atoms with van der Waals surface area (Å²) in [7, 11) is 1.91. The molecule has 1 aromatic carbocycles. The van der Waals surface area contributed by atoms with Crippen molar-refractivity contribution < 1.29 is 9.18 Å². The normalized spacial score (nSPS) is 23.4. The van der Waals surface area contributed by atoms with Gasteiger partial charge in [0.25, 0.3) is 0 Å². The Hall–Kier alpha value is -1.50. The van der Waals surface area contributed by atoms with Crippen LogP contribution in [0.15, 0.2) is 24.3 Å². The van der Waals surface area contributed by atoms with Gasteiger partial charge in [0, 0.05) is 38.8 Å². The largest absolute Gasteiger partial charge is 0.345 e. The summed E-state index contributed by atoms with van der Waals surface area (Å²) in [5.74, 6) is 0.288. The van der Waals surface area contributed by atoms with Crippen LogP contribution < -0.4 is 16.2 Å². The lowest BCUT2D eigenvalue weighted by Gasteiger charge is -2.30. The zero-order valence-electron chi connectivity index (χ0n) is 14.9. The van der Waals surface area contributed by atoms with Crippen LogP contribution in [0.5, 0.6) is 0 Å². The molecule has 2 unspecified atom stereocenters. The first kappa shape index (κ1) is 18.3. The van der Waals surface area contributed by atoms with E-state index in [-0.39, 0.29) is 23.7 Å². The number of amides is 1. The van der Waals surface area contributed by atoms with Crippen molar-refractivity contribution in [3.63, 3.8) is 0 Å². The van der Waals surface area contributed by atoms with E-state index in [0.717, 1.165) is 57.3 Å². The van der Waals surface area contributed by atoms with Crippen molar-refractivity contribution in [3.8, 4) is 0 Å². The van der Waals surface area contributed by atoms with E-state index in [4.69, 9.17) is 0 Å². The Labute approximate surface area is 149 Å². The Morgan fingerprint density at radius 2 is 2.08 bits per heavy atom. The zero-order chi connectivity index (χ0) is 17.6. The van der Waals surface area contributed by atoms with Crippen LogP contribution in [0.3, 0.4) is 0 Å². The van der Waals surface area contributed by atoms with E-state index < -0.39 is 0 Å². The molecular formula is C19H29FN4O. The highest BCUT2D eigenvalue weighted by atomic mass is 19.1. The first-order valence-electron chi connectivity index (χ1n) is 9.35. The molecule has 138 valence electrons. The van der Waals surface area contributed by atoms with Crippen molar-refractivity contribution in [1.29, 1.82) is 0 Å². The lowest BCUT2D eigenvalue weighted by Crippen LogP contribution is -2.51. The van der Waals surface area contributed by atoms with Gasteiger partial charge in [-0.1, -0.05) is 25.0 Å². The van der Waals surface area contributed by atoms with Crippen LogP contribution in [0.2, 0.25) is 0 Å². The minimum absolute atomic E-state index is 0.181. The van der Waals surface area contributed by atoms with E-state index in [1.54, 1.807) is 12.1 Å². The Morgan fingerprint density at radius 1 is 1.24 bits per heavy atom. The molecule has 2 aliphatic rings. The van der Waals surface area contributed by atoms with Gasteiger partial charge in [0.1, 0.15) is 5.82 Å². The molecule has 0 bridgehead atoms. The molecule has 6 heteroatoms. The van der Waals surface area contributed by atoms with Gasteiger partial charge in [-0.3, -0.25) is 15.6 Å². The molecule has 3 N–H and O–H groups in total. The van der Waals surface area contributed by atoms with Gasteiger partial charge in [-0.15, -0.1) is 0 Å². The van der Waals surface area contributed by atoms with Crippen LogP contribution in [0.4, 0.5) is 4.39 Å². The van der Waals surface area contributed by atoms with Gasteiger partial charge in [0.15, 0.2) is 0 Å². The number of carbonyl (C=O) groups is 1. The Bertz CT molecular complexity index is 578. The van der Waals surface area contributed by atoms with Gasteiger partial charge < -0.3 is 10.2 Å². The second kappa shape index (κ2) is 8.74. The Balaban J connectivity index is 1.29. The van der Waals surface area contributed by atoms with E-state index in [1.807, 2.05) is 18.0 Å². The van der Waals surface area contributed by atoms with Crippen molar-refractivity contribution in [2.75, 3.05) is 26.7 Å². The van der Waals surface area contributed by atoms with Gasteiger partial charge in [0.2, 0.25) is 5.91 Å². The molecule has 3 rings (SSSR count). The third-order valence-electron chi connectivity index (χ3n) is 5.29. The SMILES string of the molecule is CN(CCCCCC1CC(c2cccc(F)c2)NN1)C(=O)C1CNC1. The fourth-order valence-corrected chi connectivity index (χ4v) is 3.56. The maximum Gasteiger partial charge on any atom is 0.227 e. The molecule has 0 aromatic heterocycles. The van der Waals surface area contributed by atoms with Crippen molar-refractivity contribution >= 4 is 5.91 Å². The molecule has 5 nitrogen and oxygen atoms in total. The molecule has 1 amide bonds. The Kier molecular flexibility index (Phi) is 6.39. The van der Waals surface area contributed by atoms with Crippen molar-refractivity contribution in [1.82, 2.24) is 21.1 Å². The number of rotatable bonds is 8. The van der Waals surface area contributed by atoms with Crippen molar-refractivity contribution in [2.24, 2.45) is 5.92 Å². The molecule has 25 heavy (non-hydrogen) atoms. The summed E-state index contributed by atoms with van der Waals surface area (Å²) in [6.07, 6.45) is 5.40. The monoisotopic (exact) mass is 348 g/mol. The van der Waals surface area contributed by atoms with Crippen LogP contribution in [-0.4, -0.2) is 43.5 Å². The second-order valence-electron chi connectivity index (χ2n) is 7.29. The molecule has 1 aromatic rings. The van der Waals surface area contributed by atoms with Crippen LogP contribution in [-0.2, 0) is 4.79 Å². The van der Waals surface area contributed by atoms with Crippen LogP contribution in [0.25, 0.3) is 0 Å². The lowest BCUT2D eigenvalue weighted by atomic mass is 9.98. The highest BCUT2D eigenvalue weighted by Crippen LogP contribution is 2.25. The van der Waals surface area contributed by atoms with E-state index in [2.05, 4.69) is 16.2 Å². The first-order valence-corrected chi connectivity index (χ1v) is 9.35. The summed E-state index contributed by atoms with van der Waals surface area (Å²) in [5, 5.41) is 3.14. The summed E-state index contributed by atoms with van der Waals surface area (Å²) < 4.78 is 13.3. The lowest BCUT2D eigenvalue weighted by molar-refractivity contribution is -0.135. The number of hydrazine groups is 1. The molecule has 0 aliphatic carbocycles. The van der Waals surface area contributed by atoms with Gasteiger partial charge in [-0.25, -0.2) is 4.39 Å². The molecule has 0 spiro atoms. The number of nitrogens with zero attached hydrogens (tertiary/aromatic N) is 1. The number of carbonyl (C=O) groups excluding carboxylic acids is 1. The molecule has 2 saturated heterocycles. The fourth-order valence-electron chi connectivity index (χ4n) is 3.56. The van der Waals surface area contributed by atoms with Gasteiger partial charge in [-0.2, -0.15) is 0 Å². The van der Waals surface area contributed by atoms with E-state index in [0.29, 0.717) is 6.04 Å². The van der Waals surface area contributed by atoms with Gasteiger partial charge in [0.05, 0.1) is 5.92 Å². The third kappa shape index (κ3) is 5.00. The van der Waals surface area contributed by atoms with E-state index in [9.17, 15) is 9.18 Å². The third-order valence-corrected chi connectivity index (χ3v) is 5.29. The van der Waals surface area contributed by atoms with E-state index >= 15 is 0 Å². The molecule has 2 heterocycles. The molecular weight excluding hydrogens is 319 g/mol. The van der Waals surface area contributed by atoms with Crippen molar-refractivity contribution in [2.45, 2.75) is 44.2 Å². The predicted molar refractivity (Wildman–Crippen MR) is 96.3 cm³/mol. The first-order chi connectivity index (χ1) is 12.1. The van der Waals surface area contributed by atoms with Gasteiger partial charge in [-0.05, 0) is 37.0 Å². The number of nitrogens with one attached hydrogen (secondary N) is 3. The highest BCUT2D eigenvalue weighted by molar-refractivity contribution is 5.79. The molecule has 2 aliphatic heterocycles. The van der Waals surface area contributed by atoms with E-state index in [1.165, 1.54) is 6.07 Å². The molecule has 0 radical (unpaired) electrons. The average Bonchev–Trinajstić information content (AvgIpc) is 3.01. The highest BCUT2D eigenvalue weighted by Gasteiger charge is 2.27. The number of unbranched alkanes of at least 4 members (excludes halogenated alkanes) is 2. The second-order valence-corrected chi connectivity index (χ2v) is 7.29. The van der Waals surface area contributed by atoms with Crippen LogP contribution in [0, 0.1) is 11.7 Å². The number of hydrogen-bond acceptors (Lipinski definition) is 4. The fraction of sp³-hybridized carbons (Fsp3) is 0.632. The maximum absolute atomic E-state index is 13.3.